The van der Waals surface area contributed by atoms with E-state index < -0.39 is 11.7 Å². The molecule has 1 fully saturated rings. The number of carbonyl (C=O) groups is 2. The zero-order chi connectivity index (χ0) is 15.3. The monoisotopic (exact) mass is 285 g/mol. The van der Waals surface area contributed by atoms with Crippen molar-refractivity contribution in [1.29, 1.82) is 0 Å². The van der Waals surface area contributed by atoms with Crippen molar-refractivity contribution in [2.24, 2.45) is 11.7 Å². The van der Waals surface area contributed by atoms with Crippen molar-refractivity contribution in [3.8, 4) is 0 Å². The van der Waals surface area contributed by atoms with E-state index in [1.165, 1.54) is 0 Å². The van der Waals surface area contributed by atoms with Gasteiger partial charge in [-0.25, -0.2) is 4.79 Å². The molecule has 0 spiro atoms. The molecule has 3 N–H and O–H groups in total. The first-order valence-corrected chi connectivity index (χ1v) is 7.20. The number of hydrogen-bond donors (Lipinski definition) is 2. The Balaban J connectivity index is 2.33. The standard InChI is InChI=1S/C14H27N3O3/c1-10(9-16-13(19)20-14(2,3)4)12(18)17-7-5-11(15)6-8-17/h10-11H,5-9,15H2,1-4H3,(H,16,19)/t10-/m0/s1. The van der Waals surface area contributed by atoms with Crippen LogP contribution >= 0.6 is 0 Å². The molecule has 1 rings (SSSR count). The van der Waals surface area contributed by atoms with Crippen LogP contribution in [0.3, 0.4) is 0 Å². The number of amides is 2. The van der Waals surface area contributed by atoms with E-state index in [4.69, 9.17) is 10.5 Å². The minimum Gasteiger partial charge on any atom is -0.444 e. The molecule has 6 heteroatoms. The molecular formula is C14H27N3O3. The van der Waals surface area contributed by atoms with Crippen molar-refractivity contribution in [2.75, 3.05) is 19.6 Å². The second-order valence-electron chi connectivity index (χ2n) is 6.45. The number of ether oxygens (including phenoxy) is 1. The molecule has 0 bridgehead atoms. The maximum Gasteiger partial charge on any atom is 0.407 e. The number of hydrogen-bond acceptors (Lipinski definition) is 4. The zero-order valence-electron chi connectivity index (χ0n) is 12.9. The Kier molecular flexibility index (Phi) is 5.80. The molecule has 1 aliphatic rings. The van der Waals surface area contributed by atoms with E-state index in [1.807, 2.05) is 11.8 Å². The molecule has 1 heterocycles. The second kappa shape index (κ2) is 6.92. The van der Waals surface area contributed by atoms with Crippen LogP contribution in [0.1, 0.15) is 40.5 Å². The Morgan fingerprint density at radius 2 is 1.90 bits per heavy atom. The molecule has 1 atom stereocenters. The van der Waals surface area contributed by atoms with Crippen molar-refractivity contribution in [3.05, 3.63) is 0 Å². The fraction of sp³-hybridized carbons (Fsp3) is 0.857. The van der Waals surface area contributed by atoms with Crippen molar-refractivity contribution in [1.82, 2.24) is 10.2 Å². The van der Waals surface area contributed by atoms with Crippen LogP contribution in [-0.4, -0.2) is 48.2 Å². The molecular weight excluding hydrogens is 258 g/mol. The summed E-state index contributed by atoms with van der Waals surface area (Å²) in [6.07, 6.45) is 1.20. The van der Waals surface area contributed by atoms with Crippen molar-refractivity contribution in [3.63, 3.8) is 0 Å². The van der Waals surface area contributed by atoms with Gasteiger partial charge in [0.1, 0.15) is 5.60 Å². The van der Waals surface area contributed by atoms with Crippen LogP contribution in [0.15, 0.2) is 0 Å². The van der Waals surface area contributed by atoms with E-state index in [0.717, 1.165) is 12.8 Å². The van der Waals surface area contributed by atoms with Gasteiger partial charge in [-0.1, -0.05) is 6.92 Å². The molecule has 0 aromatic rings. The smallest absolute Gasteiger partial charge is 0.407 e. The summed E-state index contributed by atoms with van der Waals surface area (Å²) in [6.45, 7) is 8.92. The molecule has 2 amide bonds. The van der Waals surface area contributed by atoms with Crippen LogP contribution in [0.4, 0.5) is 4.79 Å². The van der Waals surface area contributed by atoms with E-state index >= 15 is 0 Å². The fourth-order valence-corrected chi connectivity index (χ4v) is 2.07. The van der Waals surface area contributed by atoms with E-state index in [9.17, 15) is 9.59 Å². The number of alkyl carbamates (subject to hydrolysis) is 1. The molecule has 1 saturated heterocycles. The largest absolute Gasteiger partial charge is 0.444 e. The van der Waals surface area contributed by atoms with Gasteiger partial charge in [-0.3, -0.25) is 4.79 Å². The third kappa shape index (κ3) is 5.77. The van der Waals surface area contributed by atoms with Crippen molar-refractivity contribution < 1.29 is 14.3 Å². The lowest BCUT2D eigenvalue weighted by Gasteiger charge is -2.32. The summed E-state index contributed by atoms with van der Waals surface area (Å²) >= 11 is 0. The van der Waals surface area contributed by atoms with Gasteiger partial charge in [0.2, 0.25) is 5.91 Å². The van der Waals surface area contributed by atoms with Gasteiger partial charge in [-0.15, -0.1) is 0 Å². The molecule has 116 valence electrons. The van der Waals surface area contributed by atoms with Gasteiger partial charge >= 0.3 is 6.09 Å². The zero-order valence-corrected chi connectivity index (χ0v) is 12.9. The molecule has 0 radical (unpaired) electrons. The predicted octanol–water partition coefficient (Wildman–Crippen LogP) is 1.10. The lowest BCUT2D eigenvalue weighted by Crippen LogP contribution is -2.47. The number of nitrogens with two attached hydrogens (primary N) is 1. The Hall–Kier alpha value is -1.30. The van der Waals surface area contributed by atoms with Gasteiger partial charge in [0.15, 0.2) is 0 Å². The van der Waals surface area contributed by atoms with Gasteiger partial charge in [0, 0.05) is 25.7 Å². The van der Waals surface area contributed by atoms with E-state index in [0.29, 0.717) is 13.1 Å². The maximum absolute atomic E-state index is 12.2. The van der Waals surface area contributed by atoms with Gasteiger partial charge < -0.3 is 20.7 Å². The first-order chi connectivity index (χ1) is 9.19. The summed E-state index contributed by atoms with van der Waals surface area (Å²) in [5.41, 5.74) is 5.29. The van der Waals surface area contributed by atoms with Crippen LogP contribution in [0, 0.1) is 5.92 Å². The molecule has 0 saturated carbocycles. The maximum atomic E-state index is 12.2. The van der Waals surface area contributed by atoms with E-state index in [-0.39, 0.29) is 24.4 Å². The normalized spacial score (nSPS) is 18.6. The van der Waals surface area contributed by atoms with E-state index in [1.54, 1.807) is 20.8 Å². The summed E-state index contributed by atoms with van der Waals surface area (Å²) < 4.78 is 5.14. The highest BCUT2D eigenvalue weighted by Gasteiger charge is 2.25. The van der Waals surface area contributed by atoms with Crippen molar-refractivity contribution in [2.45, 2.75) is 52.2 Å². The van der Waals surface area contributed by atoms with Gasteiger partial charge in [0.25, 0.3) is 0 Å². The first kappa shape index (κ1) is 16.8. The number of rotatable bonds is 3. The quantitative estimate of drug-likeness (QED) is 0.813. The van der Waals surface area contributed by atoms with Crippen LogP contribution < -0.4 is 11.1 Å². The lowest BCUT2D eigenvalue weighted by atomic mass is 10.0. The summed E-state index contributed by atoms with van der Waals surface area (Å²) in [7, 11) is 0. The average molecular weight is 285 g/mol. The summed E-state index contributed by atoms with van der Waals surface area (Å²) in [5, 5.41) is 2.63. The minimum atomic E-state index is -0.527. The number of likely N-dealkylation sites (tertiary alicyclic amines) is 1. The van der Waals surface area contributed by atoms with Crippen LogP contribution in [-0.2, 0) is 9.53 Å². The minimum absolute atomic E-state index is 0.0629. The number of nitrogens with zero attached hydrogens (tertiary/aromatic N) is 1. The molecule has 0 aromatic heterocycles. The van der Waals surface area contributed by atoms with Crippen LogP contribution in [0.2, 0.25) is 0 Å². The third-order valence-electron chi connectivity index (χ3n) is 3.22. The van der Waals surface area contributed by atoms with Crippen LogP contribution in [0.5, 0.6) is 0 Å². The molecule has 0 aromatic carbocycles. The molecule has 0 unspecified atom stereocenters. The van der Waals surface area contributed by atoms with Crippen LogP contribution in [0.25, 0.3) is 0 Å². The molecule has 6 nitrogen and oxygen atoms in total. The highest BCUT2D eigenvalue weighted by molar-refractivity contribution is 5.79. The number of carbonyl (C=O) groups excluding carboxylic acids is 2. The first-order valence-electron chi connectivity index (χ1n) is 7.20. The van der Waals surface area contributed by atoms with E-state index in [2.05, 4.69) is 5.32 Å². The summed E-state index contributed by atoms with van der Waals surface area (Å²) in [4.78, 5) is 25.5. The molecule has 0 aliphatic carbocycles. The Morgan fingerprint density at radius 1 is 1.35 bits per heavy atom. The summed E-state index contributed by atoms with van der Waals surface area (Å²) in [6, 6.07) is 0.203. The van der Waals surface area contributed by atoms with Gasteiger partial charge in [-0.2, -0.15) is 0 Å². The number of nitrogens with one attached hydrogen (secondary N) is 1. The lowest BCUT2D eigenvalue weighted by molar-refractivity contribution is -0.135. The Labute approximate surface area is 121 Å². The van der Waals surface area contributed by atoms with Gasteiger partial charge in [0.05, 0.1) is 5.92 Å². The Morgan fingerprint density at radius 3 is 2.40 bits per heavy atom. The highest BCUT2D eigenvalue weighted by Crippen LogP contribution is 2.12. The van der Waals surface area contributed by atoms with Crippen molar-refractivity contribution >= 4 is 12.0 Å². The SMILES string of the molecule is C[C@@H](CNC(=O)OC(C)(C)C)C(=O)N1CCC(N)CC1. The molecule has 20 heavy (non-hydrogen) atoms. The summed E-state index contributed by atoms with van der Waals surface area (Å²) in [5.74, 6) is -0.190. The van der Waals surface area contributed by atoms with Gasteiger partial charge in [-0.05, 0) is 33.6 Å². The predicted molar refractivity (Wildman–Crippen MR) is 77.2 cm³/mol. The third-order valence-corrected chi connectivity index (χ3v) is 3.22. The average Bonchev–Trinajstić information content (AvgIpc) is 2.34. The fourth-order valence-electron chi connectivity index (χ4n) is 2.07. The highest BCUT2D eigenvalue weighted by atomic mass is 16.6. The number of piperidine rings is 1. The Bertz CT molecular complexity index is 344. The second-order valence-corrected chi connectivity index (χ2v) is 6.45. The molecule has 1 aliphatic heterocycles. The topological polar surface area (TPSA) is 84.7 Å².